The Hall–Kier alpha value is -3.58. The second kappa shape index (κ2) is 9.92. The first-order valence-corrected chi connectivity index (χ1v) is 11.4. The summed E-state index contributed by atoms with van der Waals surface area (Å²) in [4.78, 5) is 31.3. The molecule has 0 aliphatic carbocycles. The summed E-state index contributed by atoms with van der Waals surface area (Å²) in [5.41, 5.74) is 1.97. The number of hydrogen-bond acceptors (Lipinski definition) is 6. The summed E-state index contributed by atoms with van der Waals surface area (Å²) in [6.45, 7) is 2.66. The van der Waals surface area contributed by atoms with Gasteiger partial charge < -0.3 is 9.47 Å². The Morgan fingerprint density at radius 3 is 2.58 bits per heavy atom. The van der Waals surface area contributed by atoms with Gasteiger partial charge >= 0.3 is 5.97 Å². The van der Waals surface area contributed by atoms with E-state index in [2.05, 4.69) is 11.9 Å². The van der Waals surface area contributed by atoms with Gasteiger partial charge in [0.05, 0.1) is 29.9 Å². The zero-order valence-electron chi connectivity index (χ0n) is 18.7. The van der Waals surface area contributed by atoms with Gasteiger partial charge in [-0.15, -0.1) is 0 Å². The molecule has 4 rings (SSSR count). The zero-order valence-corrected chi connectivity index (χ0v) is 19.5. The van der Waals surface area contributed by atoms with Crippen molar-refractivity contribution in [1.29, 1.82) is 0 Å². The number of aliphatic imine (C=N–C) groups is 1. The van der Waals surface area contributed by atoms with Gasteiger partial charge in [-0.3, -0.25) is 9.69 Å². The molecule has 6 nitrogen and oxygen atoms in total. The van der Waals surface area contributed by atoms with E-state index in [-0.39, 0.29) is 5.91 Å². The normalized spacial score (nSPS) is 16.1. The van der Waals surface area contributed by atoms with Crippen molar-refractivity contribution in [1.82, 2.24) is 4.90 Å². The van der Waals surface area contributed by atoms with Crippen LogP contribution in [0.15, 0.2) is 70.6 Å². The second-order valence-corrected chi connectivity index (χ2v) is 8.46. The molecule has 1 aliphatic heterocycles. The van der Waals surface area contributed by atoms with Crippen LogP contribution in [0.1, 0.15) is 29.3 Å². The number of rotatable bonds is 6. The lowest BCUT2D eigenvalue weighted by Crippen LogP contribution is -2.23. The molecule has 0 bridgehead atoms. The van der Waals surface area contributed by atoms with Gasteiger partial charge in [-0.25, -0.2) is 9.79 Å². The molecule has 3 aromatic carbocycles. The molecule has 0 saturated carbocycles. The van der Waals surface area contributed by atoms with Crippen molar-refractivity contribution in [3.63, 3.8) is 0 Å². The third kappa shape index (κ3) is 4.78. The fourth-order valence-corrected chi connectivity index (χ4v) is 4.41. The van der Waals surface area contributed by atoms with Gasteiger partial charge in [-0.05, 0) is 65.4 Å². The lowest BCUT2D eigenvalue weighted by molar-refractivity contribution is -0.121. The Morgan fingerprint density at radius 1 is 1.09 bits per heavy atom. The maximum absolute atomic E-state index is 13.0. The van der Waals surface area contributed by atoms with E-state index in [4.69, 9.17) is 9.47 Å². The SMILES string of the molecule is CCCOc1ccc2ccccc2c1/C=C1/SC(=Nc2ccc(C(=O)OC)cc2)N(C)C1=O. The van der Waals surface area contributed by atoms with Crippen molar-refractivity contribution in [3.8, 4) is 5.75 Å². The number of amidine groups is 1. The van der Waals surface area contributed by atoms with Crippen molar-refractivity contribution in [2.24, 2.45) is 4.99 Å². The number of ether oxygens (including phenoxy) is 2. The standard InChI is InChI=1S/C26H24N2O4S/c1-4-15-32-22-14-11-17-7-5-6-8-20(17)21(22)16-23-24(29)28(2)26(33-23)27-19-12-9-18(10-13-19)25(30)31-3/h5-14,16H,4,15H2,1-3H3/b23-16+,27-26?. The van der Waals surface area contributed by atoms with E-state index in [1.165, 1.54) is 23.8 Å². The highest BCUT2D eigenvalue weighted by Crippen LogP contribution is 2.37. The molecule has 0 radical (unpaired) electrons. The highest BCUT2D eigenvalue weighted by atomic mass is 32.2. The van der Waals surface area contributed by atoms with E-state index in [9.17, 15) is 9.59 Å². The molecule has 0 spiro atoms. The molecular weight excluding hydrogens is 436 g/mol. The van der Waals surface area contributed by atoms with Crippen LogP contribution in [0.25, 0.3) is 16.8 Å². The first-order valence-electron chi connectivity index (χ1n) is 10.6. The highest BCUT2D eigenvalue weighted by molar-refractivity contribution is 8.18. The maximum Gasteiger partial charge on any atom is 0.337 e. The molecule has 0 N–H and O–H groups in total. The lowest BCUT2D eigenvalue weighted by Gasteiger charge is -2.12. The molecule has 168 valence electrons. The predicted octanol–water partition coefficient (Wildman–Crippen LogP) is 5.65. The summed E-state index contributed by atoms with van der Waals surface area (Å²) in [6.07, 6.45) is 2.78. The Bertz CT molecular complexity index is 1270. The molecule has 1 fully saturated rings. The fraction of sp³-hybridized carbons (Fsp3) is 0.192. The summed E-state index contributed by atoms with van der Waals surface area (Å²) < 4.78 is 10.7. The number of esters is 1. The average molecular weight is 461 g/mol. The molecule has 33 heavy (non-hydrogen) atoms. The predicted molar refractivity (Wildman–Crippen MR) is 133 cm³/mol. The van der Waals surface area contributed by atoms with Gasteiger partial charge in [-0.2, -0.15) is 0 Å². The van der Waals surface area contributed by atoms with Gasteiger partial charge in [0.15, 0.2) is 5.17 Å². The summed E-state index contributed by atoms with van der Waals surface area (Å²) in [5, 5.41) is 2.67. The van der Waals surface area contributed by atoms with Crippen LogP contribution in [-0.4, -0.2) is 42.7 Å². The number of likely N-dealkylation sites (N-methyl/N-ethyl adjacent to an activating group) is 1. The van der Waals surface area contributed by atoms with Gasteiger partial charge in [0.1, 0.15) is 5.75 Å². The summed E-state index contributed by atoms with van der Waals surface area (Å²) in [5.74, 6) is 0.223. The van der Waals surface area contributed by atoms with E-state index in [1.54, 1.807) is 31.3 Å². The van der Waals surface area contributed by atoms with Crippen LogP contribution in [0, 0.1) is 0 Å². The Labute approximate surface area is 196 Å². The first-order chi connectivity index (χ1) is 16.0. The van der Waals surface area contributed by atoms with Crippen molar-refractivity contribution in [2.45, 2.75) is 13.3 Å². The van der Waals surface area contributed by atoms with Gasteiger partial charge in [0.25, 0.3) is 5.91 Å². The number of carbonyl (C=O) groups is 2. The average Bonchev–Trinajstić information content (AvgIpc) is 3.11. The second-order valence-electron chi connectivity index (χ2n) is 7.45. The minimum absolute atomic E-state index is 0.126. The third-order valence-electron chi connectivity index (χ3n) is 5.18. The van der Waals surface area contributed by atoms with Crippen LogP contribution >= 0.6 is 11.8 Å². The summed E-state index contributed by atoms with van der Waals surface area (Å²) in [6, 6.07) is 18.8. The minimum Gasteiger partial charge on any atom is -0.493 e. The Kier molecular flexibility index (Phi) is 6.79. The maximum atomic E-state index is 13.0. The number of thioether (sulfide) groups is 1. The molecule has 1 amide bonds. The smallest absolute Gasteiger partial charge is 0.337 e. The number of carbonyl (C=O) groups excluding carboxylic acids is 2. The number of amides is 1. The number of benzene rings is 3. The molecule has 0 aromatic heterocycles. The number of methoxy groups -OCH3 is 1. The van der Waals surface area contributed by atoms with E-state index in [0.717, 1.165) is 28.5 Å². The molecule has 1 aliphatic rings. The summed E-state index contributed by atoms with van der Waals surface area (Å²) >= 11 is 1.31. The Balaban J connectivity index is 1.69. The largest absolute Gasteiger partial charge is 0.493 e. The fourth-order valence-electron chi connectivity index (χ4n) is 3.45. The van der Waals surface area contributed by atoms with Crippen molar-refractivity contribution < 1.29 is 19.1 Å². The van der Waals surface area contributed by atoms with Crippen LogP contribution in [0.3, 0.4) is 0 Å². The molecule has 1 saturated heterocycles. The van der Waals surface area contributed by atoms with Gasteiger partial charge in [0, 0.05) is 12.6 Å². The highest BCUT2D eigenvalue weighted by Gasteiger charge is 2.31. The van der Waals surface area contributed by atoms with Crippen LogP contribution in [0.4, 0.5) is 5.69 Å². The van der Waals surface area contributed by atoms with Crippen molar-refractivity contribution in [3.05, 3.63) is 76.7 Å². The monoisotopic (exact) mass is 460 g/mol. The summed E-state index contributed by atoms with van der Waals surface area (Å²) in [7, 11) is 3.05. The van der Waals surface area contributed by atoms with Crippen LogP contribution in [0.5, 0.6) is 5.75 Å². The zero-order chi connectivity index (χ0) is 23.4. The number of fused-ring (bicyclic) bond motifs is 1. The number of nitrogens with zero attached hydrogens (tertiary/aromatic N) is 2. The molecular formula is C26H24N2O4S. The van der Waals surface area contributed by atoms with Crippen molar-refractivity contribution in [2.75, 3.05) is 20.8 Å². The third-order valence-corrected chi connectivity index (χ3v) is 6.24. The molecule has 3 aromatic rings. The number of hydrogen-bond donors (Lipinski definition) is 0. The first kappa shape index (κ1) is 22.6. The topological polar surface area (TPSA) is 68.2 Å². The van der Waals surface area contributed by atoms with Crippen molar-refractivity contribution >= 4 is 51.3 Å². The molecule has 7 heteroatoms. The van der Waals surface area contributed by atoms with Crippen LogP contribution in [-0.2, 0) is 9.53 Å². The molecule has 1 heterocycles. The molecule has 0 unspecified atom stereocenters. The van der Waals surface area contributed by atoms with E-state index >= 15 is 0 Å². The quantitative estimate of drug-likeness (QED) is 0.351. The van der Waals surface area contributed by atoms with Gasteiger partial charge in [-0.1, -0.05) is 37.3 Å². The molecule has 0 atom stereocenters. The minimum atomic E-state index is -0.404. The van der Waals surface area contributed by atoms with Crippen LogP contribution in [0.2, 0.25) is 0 Å². The lowest BCUT2D eigenvalue weighted by atomic mass is 10.0. The van der Waals surface area contributed by atoms with E-state index in [1.807, 2.05) is 42.5 Å². The van der Waals surface area contributed by atoms with E-state index in [0.29, 0.717) is 27.9 Å². The van der Waals surface area contributed by atoms with E-state index < -0.39 is 5.97 Å². The Morgan fingerprint density at radius 2 is 1.85 bits per heavy atom. The van der Waals surface area contributed by atoms with Gasteiger partial charge in [0.2, 0.25) is 0 Å². The van der Waals surface area contributed by atoms with Crippen LogP contribution < -0.4 is 4.74 Å².